The highest BCUT2D eigenvalue weighted by atomic mass is 127. The van der Waals surface area contributed by atoms with E-state index in [1.54, 1.807) is 66.7 Å². The predicted molar refractivity (Wildman–Crippen MR) is 157 cm³/mol. The van der Waals surface area contributed by atoms with Gasteiger partial charge in [-0.3, -0.25) is 25.0 Å². The minimum atomic E-state index is -2.01. The zero-order valence-corrected chi connectivity index (χ0v) is 23.4. The molecule has 0 bridgehead atoms. The Bertz CT molecular complexity index is 1590. The largest absolute Gasteiger partial charge is 0.493 e. The van der Waals surface area contributed by atoms with Crippen LogP contribution in [0.5, 0.6) is 17.2 Å². The average molecular weight is 668 g/mol. The zero-order chi connectivity index (χ0) is 29.6. The number of nitro groups is 2. The molecule has 1 amide bonds. The first-order valence-electron chi connectivity index (χ1n) is 11.8. The molecule has 4 aromatic carbocycles. The molecule has 0 aromatic heterocycles. The van der Waals surface area contributed by atoms with E-state index >= 15 is 0 Å². The summed E-state index contributed by atoms with van der Waals surface area (Å²) in [7, 11) is 1.37. The Morgan fingerprint density at radius 2 is 1.54 bits per heavy atom. The minimum absolute atomic E-state index is 0.133. The molecule has 2 N–H and O–H groups in total. The van der Waals surface area contributed by atoms with Crippen LogP contribution in [0.15, 0.2) is 96.1 Å². The number of hydrazone groups is 1. The number of hydrogen-bond donors (Lipinski definition) is 2. The van der Waals surface area contributed by atoms with Crippen molar-refractivity contribution in [3.8, 4) is 17.2 Å². The van der Waals surface area contributed by atoms with Crippen molar-refractivity contribution in [2.45, 2.75) is 5.60 Å². The van der Waals surface area contributed by atoms with E-state index in [0.717, 1.165) is 18.2 Å². The van der Waals surface area contributed by atoms with Gasteiger partial charge in [0.25, 0.3) is 11.6 Å². The fourth-order valence-corrected chi connectivity index (χ4v) is 4.64. The van der Waals surface area contributed by atoms with Crippen molar-refractivity contribution in [3.05, 3.63) is 131 Å². The lowest BCUT2D eigenvalue weighted by Gasteiger charge is -2.27. The van der Waals surface area contributed by atoms with Crippen LogP contribution in [0, 0.1) is 23.8 Å². The number of nitrogens with one attached hydrogen (secondary N) is 1. The second kappa shape index (κ2) is 12.5. The molecule has 208 valence electrons. The summed E-state index contributed by atoms with van der Waals surface area (Å²) in [6.07, 6.45) is 1.33. The summed E-state index contributed by atoms with van der Waals surface area (Å²) in [6, 6.07) is 23.1. The summed E-state index contributed by atoms with van der Waals surface area (Å²) in [5.41, 5.74) is 0.527. The van der Waals surface area contributed by atoms with Crippen LogP contribution in [0.2, 0.25) is 0 Å². The second-order valence-electron chi connectivity index (χ2n) is 8.44. The Morgan fingerprint density at radius 3 is 2.07 bits per heavy atom. The number of nitro benzene ring substituents is 2. The van der Waals surface area contributed by atoms with E-state index in [0.29, 0.717) is 20.3 Å². The molecule has 13 heteroatoms. The van der Waals surface area contributed by atoms with Crippen LogP contribution in [-0.4, -0.2) is 34.2 Å². The van der Waals surface area contributed by atoms with Crippen LogP contribution < -0.4 is 14.9 Å². The number of halogens is 1. The zero-order valence-electron chi connectivity index (χ0n) is 21.3. The van der Waals surface area contributed by atoms with Gasteiger partial charge in [0.2, 0.25) is 5.75 Å². The molecule has 0 heterocycles. The highest BCUT2D eigenvalue weighted by Crippen LogP contribution is 2.41. The van der Waals surface area contributed by atoms with E-state index in [4.69, 9.17) is 9.47 Å². The van der Waals surface area contributed by atoms with Crippen LogP contribution in [0.1, 0.15) is 16.7 Å². The van der Waals surface area contributed by atoms with Gasteiger partial charge in [0.1, 0.15) is 0 Å². The number of non-ortho nitro benzene ring substituents is 1. The molecule has 4 rings (SSSR count). The molecule has 41 heavy (non-hydrogen) atoms. The van der Waals surface area contributed by atoms with Gasteiger partial charge in [0, 0.05) is 6.07 Å². The van der Waals surface area contributed by atoms with Crippen molar-refractivity contribution < 1.29 is 29.2 Å². The number of benzene rings is 4. The van der Waals surface area contributed by atoms with Gasteiger partial charge >= 0.3 is 5.69 Å². The van der Waals surface area contributed by atoms with Crippen molar-refractivity contribution in [1.82, 2.24) is 5.43 Å². The maximum Gasteiger partial charge on any atom is 0.318 e. The summed E-state index contributed by atoms with van der Waals surface area (Å²) < 4.78 is 11.6. The quantitative estimate of drug-likeness (QED) is 0.0995. The Kier molecular flexibility index (Phi) is 8.89. The Morgan fingerprint density at radius 1 is 0.927 bits per heavy atom. The fraction of sp³-hybridized carbons (Fsp3) is 0.0714. The van der Waals surface area contributed by atoms with Crippen molar-refractivity contribution in [3.63, 3.8) is 0 Å². The average Bonchev–Trinajstić information content (AvgIpc) is 2.98. The van der Waals surface area contributed by atoms with Crippen LogP contribution in [0.25, 0.3) is 0 Å². The number of amides is 1. The molecule has 0 radical (unpaired) electrons. The maximum atomic E-state index is 13.2. The second-order valence-corrected chi connectivity index (χ2v) is 9.61. The molecule has 0 fully saturated rings. The Balaban J connectivity index is 1.59. The molecule has 0 aliphatic rings. The number of carbonyl (C=O) groups excluding carboxylic acids is 1. The molecule has 0 aliphatic carbocycles. The van der Waals surface area contributed by atoms with Crippen molar-refractivity contribution in [2.24, 2.45) is 5.10 Å². The van der Waals surface area contributed by atoms with Gasteiger partial charge in [-0.05, 0) is 57.5 Å². The number of carbonyl (C=O) groups is 1. The van der Waals surface area contributed by atoms with Crippen LogP contribution in [-0.2, 0) is 10.4 Å². The van der Waals surface area contributed by atoms with Crippen LogP contribution in [0.3, 0.4) is 0 Å². The first-order valence-corrected chi connectivity index (χ1v) is 12.9. The number of ether oxygens (including phenoxy) is 2. The first-order chi connectivity index (χ1) is 19.6. The Labute approximate surface area is 246 Å². The molecular weight excluding hydrogens is 647 g/mol. The van der Waals surface area contributed by atoms with E-state index in [1.165, 1.54) is 19.4 Å². The highest BCUT2D eigenvalue weighted by molar-refractivity contribution is 14.1. The number of rotatable bonds is 10. The molecular formula is C28H21IN4O8. The lowest BCUT2D eigenvalue weighted by molar-refractivity contribution is -0.394. The van der Waals surface area contributed by atoms with Gasteiger partial charge in [-0.25, -0.2) is 5.43 Å². The van der Waals surface area contributed by atoms with Gasteiger partial charge in [0.05, 0.1) is 32.8 Å². The third kappa shape index (κ3) is 6.31. The number of hydrogen-bond acceptors (Lipinski definition) is 9. The van der Waals surface area contributed by atoms with Gasteiger partial charge < -0.3 is 14.6 Å². The van der Waals surface area contributed by atoms with E-state index in [-0.39, 0.29) is 17.2 Å². The third-order valence-electron chi connectivity index (χ3n) is 5.91. The van der Waals surface area contributed by atoms with E-state index in [1.807, 2.05) is 22.6 Å². The lowest BCUT2D eigenvalue weighted by Crippen LogP contribution is -2.43. The van der Waals surface area contributed by atoms with Crippen molar-refractivity contribution in [1.29, 1.82) is 0 Å². The SMILES string of the molecule is COc1cc(/C=N\NC(=O)C(O)(c2ccccc2)c2ccccc2)cc(I)c1Oc1ccc([N+](=O)[O-])cc1[N+](=O)[O-]. The van der Waals surface area contributed by atoms with Crippen LogP contribution >= 0.6 is 22.6 Å². The molecule has 12 nitrogen and oxygen atoms in total. The lowest BCUT2D eigenvalue weighted by atomic mass is 9.85. The molecule has 0 saturated heterocycles. The number of nitrogens with zero attached hydrogens (tertiary/aromatic N) is 3. The van der Waals surface area contributed by atoms with E-state index in [2.05, 4.69) is 10.5 Å². The maximum absolute atomic E-state index is 13.2. The van der Waals surface area contributed by atoms with Gasteiger partial charge in [-0.2, -0.15) is 5.10 Å². The summed E-state index contributed by atoms with van der Waals surface area (Å²) in [5, 5.41) is 38.1. The normalized spacial score (nSPS) is 11.2. The molecule has 0 aliphatic heterocycles. The smallest absolute Gasteiger partial charge is 0.318 e. The summed E-state index contributed by atoms with van der Waals surface area (Å²) in [4.78, 5) is 34.3. The van der Waals surface area contributed by atoms with Crippen LogP contribution in [0.4, 0.5) is 11.4 Å². The summed E-state index contributed by atoms with van der Waals surface area (Å²) >= 11 is 1.93. The number of aliphatic hydroxyl groups is 1. The summed E-state index contributed by atoms with van der Waals surface area (Å²) in [6.45, 7) is 0. The van der Waals surface area contributed by atoms with Gasteiger partial charge in [0.15, 0.2) is 17.1 Å². The van der Waals surface area contributed by atoms with E-state index < -0.39 is 32.7 Å². The Hall–Kier alpha value is -4.89. The van der Waals surface area contributed by atoms with Crippen molar-refractivity contribution >= 4 is 46.1 Å². The third-order valence-corrected chi connectivity index (χ3v) is 6.71. The topological polar surface area (TPSA) is 166 Å². The van der Waals surface area contributed by atoms with Gasteiger partial charge in [-0.1, -0.05) is 60.7 Å². The minimum Gasteiger partial charge on any atom is -0.493 e. The monoisotopic (exact) mass is 668 g/mol. The molecule has 4 aromatic rings. The van der Waals surface area contributed by atoms with Crippen molar-refractivity contribution in [2.75, 3.05) is 7.11 Å². The molecule has 0 spiro atoms. The summed E-state index contributed by atoms with van der Waals surface area (Å²) in [5.74, 6) is -0.680. The van der Waals surface area contributed by atoms with E-state index in [9.17, 15) is 30.1 Å². The standard InChI is InChI=1S/C28H21IN4O8/c1-40-25-15-18(14-22(29)26(25)41-24-13-12-21(32(36)37)16-23(24)33(38)39)17-30-31-27(34)28(35,19-8-4-2-5-9-19)20-10-6-3-7-11-20/h2-17,35H,1H3,(H,31,34)/b30-17-. The predicted octanol–water partition coefficient (Wildman–Crippen LogP) is 5.29. The molecule has 0 atom stereocenters. The fourth-order valence-electron chi connectivity index (χ4n) is 3.91. The molecule has 0 unspecified atom stereocenters. The number of methoxy groups -OCH3 is 1. The highest BCUT2D eigenvalue weighted by Gasteiger charge is 2.39. The first kappa shape index (κ1) is 29.1. The molecule has 0 saturated carbocycles. The van der Waals surface area contributed by atoms with Gasteiger partial charge in [-0.15, -0.1) is 0 Å².